The number of hydrogen-bond donors (Lipinski definition) is 1. The van der Waals surface area contributed by atoms with E-state index in [-0.39, 0.29) is 0 Å². The van der Waals surface area contributed by atoms with E-state index in [1.807, 2.05) is 6.07 Å². The second kappa shape index (κ2) is 4.65. The predicted molar refractivity (Wildman–Crippen MR) is 74.1 cm³/mol. The number of rotatable bonds is 2. The Morgan fingerprint density at radius 2 is 2.22 bits per heavy atom. The molecule has 0 saturated carbocycles. The first-order valence-electron chi connectivity index (χ1n) is 6.65. The summed E-state index contributed by atoms with van der Waals surface area (Å²) in [6.45, 7) is 1.20. The fourth-order valence-electron chi connectivity index (χ4n) is 2.99. The largest absolute Gasteiger partial charge is 0.497 e. The molecule has 0 aliphatic carbocycles. The fraction of sp³-hybridized carbons (Fsp3) is 0.467. The van der Waals surface area contributed by atoms with Gasteiger partial charge in [-0.25, -0.2) is 0 Å². The summed E-state index contributed by atoms with van der Waals surface area (Å²) in [5.41, 5.74) is 2.61. The van der Waals surface area contributed by atoms with Crippen LogP contribution in [-0.4, -0.2) is 30.6 Å². The van der Waals surface area contributed by atoms with Crippen LogP contribution in [0.5, 0.6) is 5.75 Å². The van der Waals surface area contributed by atoms with Crippen molar-refractivity contribution in [2.24, 2.45) is 0 Å². The van der Waals surface area contributed by atoms with Crippen molar-refractivity contribution in [3.8, 4) is 5.75 Å². The lowest BCUT2D eigenvalue weighted by Crippen LogP contribution is -2.29. The van der Waals surface area contributed by atoms with Crippen LogP contribution in [0.1, 0.15) is 30.9 Å². The van der Waals surface area contributed by atoms with E-state index in [2.05, 4.69) is 35.3 Å². The van der Waals surface area contributed by atoms with Gasteiger partial charge in [0.1, 0.15) is 5.75 Å². The van der Waals surface area contributed by atoms with Gasteiger partial charge in [0.05, 0.1) is 7.11 Å². The number of hydrogen-bond acceptors (Lipinski definition) is 2. The predicted octanol–water partition coefficient (Wildman–Crippen LogP) is 3.33. The van der Waals surface area contributed by atoms with Crippen LogP contribution >= 0.6 is 0 Å². The number of benzene rings is 1. The summed E-state index contributed by atoms with van der Waals surface area (Å²) in [4.78, 5) is 5.84. The Morgan fingerprint density at radius 3 is 3.00 bits per heavy atom. The molecule has 1 aliphatic rings. The molecule has 2 aromatic rings. The number of likely N-dealkylation sites (tertiary alicyclic amines) is 1. The number of methoxy groups -OCH3 is 1. The van der Waals surface area contributed by atoms with Gasteiger partial charge < -0.3 is 9.72 Å². The summed E-state index contributed by atoms with van der Waals surface area (Å²) in [5, 5.41) is 1.30. The van der Waals surface area contributed by atoms with Gasteiger partial charge in [-0.1, -0.05) is 6.42 Å². The van der Waals surface area contributed by atoms with Gasteiger partial charge in [-0.15, -0.1) is 0 Å². The zero-order valence-electron chi connectivity index (χ0n) is 11.1. The Morgan fingerprint density at radius 1 is 1.33 bits per heavy atom. The van der Waals surface area contributed by atoms with Gasteiger partial charge in [0.2, 0.25) is 0 Å². The van der Waals surface area contributed by atoms with Gasteiger partial charge in [0, 0.05) is 23.1 Å². The van der Waals surface area contributed by atoms with Crippen LogP contribution in [0, 0.1) is 0 Å². The number of piperidine rings is 1. The van der Waals surface area contributed by atoms with Gasteiger partial charge in [-0.2, -0.15) is 0 Å². The monoisotopic (exact) mass is 244 g/mol. The first-order valence-corrected chi connectivity index (χ1v) is 6.65. The molecule has 0 amide bonds. The quantitative estimate of drug-likeness (QED) is 0.877. The molecule has 18 heavy (non-hydrogen) atoms. The number of aromatic nitrogens is 1. The van der Waals surface area contributed by atoms with Crippen LogP contribution in [0.3, 0.4) is 0 Å². The molecular weight excluding hydrogens is 224 g/mol. The molecule has 3 heteroatoms. The summed E-state index contributed by atoms with van der Waals surface area (Å²) in [6, 6.07) is 6.79. The molecule has 1 saturated heterocycles. The van der Waals surface area contributed by atoms with Crippen LogP contribution in [0.4, 0.5) is 0 Å². The van der Waals surface area contributed by atoms with E-state index in [1.165, 1.54) is 42.3 Å². The van der Waals surface area contributed by atoms with Crippen molar-refractivity contribution >= 4 is 10.9 Å². The van der Waals surface area contributed by atoms with E-state index in [9.17, 15) is 0 Å². The Kier molecular flexibility index (Phi) is 3.00. The molecule has 3 rings (SSSR count). The highest BCUT2D eigenvalue weighted by Crippen LogP contribution is 2.35. The minimum atomic E-state index is 0.541. The van der Waals surface area contributed by atoms with Gasteiger partial charge in [0.15, 0.2) is 0 Å². The van der Waals surface area contributed by atoms with Gasteiger partial charge in [-0.3, -0.25) is 4.90 Å². The Hall–Kier alpha value is -1.48. The lowest BCUT2D eigenvalue weighted by Gasteiger charge is -2.32. The molecule has 0 spiro atoms. The maximum absolute atomic E-state index is 5.33. The van der Waals surface area contributed by atoms with Crippen molar-refractivity contribution in [2.45, 2.75) is 25.3 Å². The third-order valence-corrected chi connectivity index (χ3v) is 4.05. The maximum atomic E-state index is 5.33. The van der Waals surface area contributed by atoms with Gasteiger partial charge >= 0.3 is 0 Å². The fourth-order valence-corrected chi connectivity index (χ4v) is 2.99. The SMILES string of the molecule is COc1ccc2[nH]cc(C3CCCCN3C)c2c1. The molecule has 96 valence electrons. The second-order valence-electron chi connectivity index (χ2n) is 5.15. The zero-order chi connectivity index (χ0) is 12.5. The third-order valence-electron chi connectivity index (χ3n) is 4.05. The summed E-state index contributed by atoms with van der Waals surface area (Å²) in [6.07, 6.45) is 6.06. The van der Waals surface area contributed by atoms with Crippen molar-refractivity contribution < 1.29 is 4.74 Å². The van der Waals surface area contributed by atoms with E-state index in [0.29, 0.717) is 6.04 Å². The Balaban J connectivity index is 2.05. The number of nitrogens with zero attached hydrogens (tertiary/aromatic N) is 1. The van der Waals surface area contributed by atoms with E-state index in [1.54, 1.807) is 7.11 Å². The Bertz CT molecular complexity index is 546. The summed E-state index contributed by atoms with van der Waals surface area (Å²) >= 11 is 0. The minimum Gasteiger partial charge on any atom is -0.497 e. The maximum Gasteiger partial charge on any atom is 0.119 e. The summed E-state index contributed by atoms with van der Waals surface area (Å²) in [5.74, 6) is 0.932. The molecule has 0 radical (unpaired) electrons. The molecule has 1 unspecified atom stereocenters. The van der Waals surface area contributed by atoms with Crippen molar-refractivity contribution in [3.63, 3.8) is 0 Å². The molecule has 2 heterocycles. The number of H-pyrrole nitrogens is 1. The van der Waals surface area contributed by atoms with Crippen LogP contribution in [0.25, 0.3) is 10.9 Å². The van der Waals surface area contributed by atoms with Crippen molar-refractivity contribution in [1.29, 1.82) is 0 Å². The van der Waals surface area contributed by atoms with Crippen molar-refractivity contribution in [3.05, 3.63) is 30.0 Å². The minimum absolute atomic E-state index is 0.541. The highest BCUT2D eigenvalue weighted by molar-refractivity contribution is 5.85. The van der Waals surface area contributed by atoms with E-state index in [4.69, 9.17) is 4.74 Å². The normalized spacial score (nSPS) is 21.3. The average Bonchev–Trinajstić information content (AvgIpc) is 2.82. The molecule has 1 aliphatic heterocycles. The van der Waals surface area contributed by atoms with Crippen LogP contribution in [-0.2, 0) is 0 Å². The Labute approximate surface area is 108 Å². The number of aromatic amines is 1. The van der Waals surface area contributed by atoms with E-state index >= 15 is 0 Å². The lowest BCUT2D eigenvalue weighted by molar-refractivity contribution is 0.188. The summed E-state index contributed by atoms with van der Waals surface area (Å²) < 4.78 is 5.33. The first kappa shape index (κ1) is 11.6. The molecule has 0 bridgehead atoms. The van der Waals surface area contributed by atoms with Crippen LogP contribution in [0.2, 0.25) is 0 Å². The van der Waals surface area contributed by atoms with Gasteiger partial charge in [0.25, 0.3) is 0 Å². The smallest absolute Gasteiger partial charge is 0.119 e. The highest BCUT2D eigenvalue weighted by atomic mass is 16.5. The zero-order valence-corrected chi connectivity index (χ0v) is 11.1. The highest BCUT2D eigenvalue weighted by Gasteiger charge is 2.23. The van der Waals surface area contributed by atoms with E-state index in [0.717, 1.165) is 5.75 Å². The lowest BCUT2D eigenvalue weighted by atomic mass is 9.95. The molecule has 1 N–H and O–H groups in total. The van der Waals surface area contributed by atoms with Crippen LogP contribution in [0.15, 0.2) is 24.4 Å². The van der Waals surface area contributed by atoms with Crippen molar-refractivity contribution in [1.82, 2.24) is 9.88 Å². The van der Waals surface area contributed by atoms with E-state index < -0.39 is 0 Å². The molecule has 1 aromatic carbocycles. The number of ether oxygens (including phenoxy) is 1. The standard InChI is InChI=1S/C15H20N2O/c1-17-8-4-3-5-15(17)13-10-16-14-7-6-11(18-2)9-12(13)14/h6-7,9-10,15-16H,3-5,8H2,1-2H3. The van der Waals surface area contributed by atoms with Gasteiger partial charge in [-0.05, 0) is 50.2 Å². The third kappa shape index (κ3) is 1.89. The molecule has 1 atom stereocenters. The second-order valence-corrected chi connectivity index (χ2v) is 5.15. The molecule has 1 aromatic heterocycles. The molecular formula is C15H20N2O. The summed E-state index contributed by atoms with van der Waals surface area (Å²) in [7, 11) is 3.95. The molecule has 1 fully saturated rings. The average molecular weight is 244 g/mol. The van der Waals surface area contributed by atoms with Crippen molar-refractivity contribution in [2.75, 3.05) is 20.7 Å². The number of fused-ring (bicyclic) bond motifs is 1. The van der Waals surface area contributed by atoms with Crippen LogP contribution < -0.4 is 4.74 Å². The molecule has 3 nitrogen and oxygen atoms in total. The number of nitrogens with one attached hydrogen (secondary N) is 1. The topological polar surface area (TPSA) is 28.3 Å². The first-order chi connectivity index (χ1) is 8.79.